The minimum Gasteiger partial charge on any atom is -0.462 e. The molecule has 92 valence electrons. The number of esters is 1. The molecule has 0 unspecified atom stereocenters. The van der Waals surface area contributed by atoms with E-state index in [0.717, 1.165) is 0 Å². The second kappa shape index (κ2) is 5.31. The summed E-state index contributed by atoms with van der Waals surface area (Å²) in [7, 11) is 0. The van der Waals surface area contributed by atoms with Crippen LogP contribution in [0.2, 0.25) is 0 Å². The number of hydrogen-bond acceptors (Lipinski definition) is 3. The third kappa shape index (κ3) is 2.48. The fraction of sp³-hybridized carbons (Fsp3) is 0.143. The van der Waals surface area contributed by atoms with Gasteiger partial charge >= 0.3 is 5.97 Å². The molecule has 1 aromatic heterocycles. The van der Waals surface area contributed by atoms with Crippen LogP contribution in [0.15, 0.2) is 53.5 Å². The Bertz CT molecular complexity index is 602. The number of pyridine rings is 1. The normalized spacial score (nSPS) is 10.1. The summed E-state index contributed by atoms with van der Waals surface area (Å²) in [6, 6.07) is 12.0. The number of ether oxygens (including phenoxy) is 1. The predicted octanol–water partition coefficient (Wildman–Crippen LogP) is 2.01. The molecule has 0 fully saturated rings. The van der Waals surface area contributed by atoms with Crippen molar-refractivity contribution in [3.05, 3.63) is 64.6 Å². The average Bonchev–Trinajstić information content (AvgIpc) is 2.40. The number of aromatic nitrogens is 1. The van der Waals surface area contributed by atoms with Crippen LogP contribution in [0.5, 0.6) is 0 Å². The van der Waals surface area contributed by atoms with Gasteiger partial charge in [-0.1, -0.05) is 18.2 Å². The first-order valence-electron chi connectivity index (χ1n) is 5.67. The quantitative estimate of drug-likeness (QED) is 0.775. The van der Waals surface area contributed by atoms with E-state index in [9.17, 15) is 9.59 Å². The maximum atomic E-state index is 11.8. The zero-order chi connectivity index (χ0) is 13.0. The zero-order valence-corrected chi connectivity index (χ0v) is 10.00. The monoisotopic (exact) mass is 243 g/mol. The lowest BCUT2D eigenvalue weighted by atomic mass is 10.2. The lowest BCUT2D eigenvalue weighted by molar-refractivity contribution is 0.0525. The van der Waals surface area contributed by atoms with Crippen LogP contribution in [0.25, 0.3) is 5.69 Å². The van der Waals surface area contributed by atoms with Gasteiger partial charge in [-0.3, -0.25) is 9.36 Å². The molecule has 0 amide bonds. The molecule has 0 bridgehead atoms. The van der Waals surface area contributed by atoms with E-state index in [4.69, 9.17) is 4.74 Å². The van der Waals surface area contributed by atoms with Gasteiger partial charge in [0.15, 0.2) is 0 Å². The van der Waals surface area contributed by atoms with Crippen LogP contribution in [-0.2, 0) is 4.74 Å². The fourth-order valence-electron chi connectivity index (χ4n) is 1.61. The molecule has 0 atom stereocenters. The number of carbonyl (C=O) groups is 1. The highest BCUT2D eigenvalue weighted by molar-refractivity contribution is 5.89. The van der Waals surface area contributed by atoms with Crippen LogP contribution in [0.3, 0.4) is 0 Å². The maximum absolute atomic E-state index is 11.8. The van der Waals surface area contributed by atoms with Gasteiger partial charge in [-0.25, -0.2) is 4.79 Å². The van der Waals surface area contributed by atoms with E-state index >= 15 is 0 Å². The first-order chi connectivity index (χ1) is 8.72. The van der Waals surface area contributed by atoms with Crippen molar-refractivity contribution in [1.29, 1.82) is 0 Å². The minimum absolute atomic E-state index is 0.186. The second-order valence-electron chi connectivity index (χ2n) is 3.68. The SMILES string of the molecule is CCOC(=O)c1ccc(=O)n(-c2ccccc2)c1. The Morgan fingerprint density at radius 2 is 1.89 bits per heavy atom. The standard InChI is InChI=1S/C14H13NO3/c1-2-18-14(17)11-8-9-13(16)15(10-11)12-6-4-3-5-7-12/h3-10H,2H2,1H3. The number of benzene rings is 1. The molecule has 2 rings (SSSR count). The summed E-state index contributed by atoms with van der Waals surface area (Å²) in [5.41, 5.74) is 0.892. The first-order valence-corrected chi connectivity index (χ1v) is 5.67. The Balaban J connectivity index is 2.46. The van der Waals surface area contributed by atoms with Gasteiger partial charge in [-0.2, -0.15) is 0 Å². The van der Waals surface area contributed by atoms with Crippen LogP contribution in [0.1, 0.15) is 17.3 Å². The Morgan fingerprint density at radius 1 is 1.17 bits per heavy atom. The molecule has 4 heteroatoms. The van der Waals surface area contributed by atoms with Gasteiger partial charge in [-0.15, -0.1) is 0 Å². The van der Waals surface area contributed by atoms with Crippen LogP contribution in [0, 0.1) is 0 Å². The topological polar surface area (TPSA) is 48.3 Å². The Labute approximate surface area is 104 Å². The molecule has 1 heterocycles. The lowest BCUT2D eigenvalue weighted by Gasteiger charge is -2.07. The van der Waals surface area contributed by atoms with Crippen molar-refractivity contribution < 1.29 is 9.53 Å². The first kappa shape index (κ1) is 12.1. The third-order valence-corrected chi connectivity index (χ3v) is 2.46. The molecule has 1 aromatic carbocycles. The van der Waals surface area contributed by atoms with Crippen LogP contribution < -0.4 is 5.56 Å². The van der Waals surface area contributed by atoms with Gasteiger partial charge in [0.2, 0.25) is 0 Å². The van der Waals surface area contributed by atoms with Gasteiger partial charge in [0, 0.05) is 18.0 Å². The Hall–Kier alpha value is -2.36. The van der Waals surface area contributed by atoms with Crippen molar-refractivity contribution in [2.75, 3.05) is 6.61 Å². The molecule has 2 aromatic rings. The largest absolute Gasteiger partial charge is 0.462 e. The molecule has 0 N–H and O–H groups in total. The van der Waals surface area contributed by atoms with Gasteiger partial charge in [0.25, 0.3) is 5.56 Å². The summed E-state index contributed by atoms with van der Waals surface area (Å²) < 4.78 is 6.33. The molecular weight excluding hydrogens is 230 g/mol. The van der Waals surface area contributed by atoms with E-state index in [1.54, 1.807) is 19.1 Å². The molecular formula is C14H13NO3. The third-order valence-electron chi connectivity index (χ3n) is 2.46. The molecule has 0 spiro atoms. The number of carbonyl (C=O) groups excluding carboxylic acids is 1. The highest BCUT2D eigenvalue weighted by Crippen LogP contribution is 2.06. The lowest BCUT2D eigenvalue weighted by Crippen LogP contribution is -2.19. The van der Waals surface area contributed by atoms with E-state index in [-0.39, 0.29) is 5.56 Å². The van der Waals surface area contributed by atoms with E-state index in [0.29, 0.717) is 17.9 Å². The summed E-state index contributed by atoms with van der Waals surface area (Å²) in [5.74, 6) is -0.429. The molecule has 0 saturated carbocycles. The van der Waals surface area contributed by atoms with Crippen LogP contribution >= 0.6 is 0 Å². The summed E-state index contributed by atoms with van der Waals surface area (Å²) in [6.45, 7) is 2.05. The maximum Gasteiger partial charge on any atom is 0.339 e. The van der Waals surface area contributed by atoms with Crippen LogP contribution in [0.4, 0.5) is 0 Å². The second-order valence-corrected chi connectivity index (χ2v) is 3.68. The highest BCUT2D eigenvalue weighted by atomic mass is 16.5. The average molecular weight is 243 g/mol. The number of para-hydroxylation sites is 1. The van der Waals surface area contributed by atoms with Crippen molar-refractivity contribution in [3.8, 4) is 5.69 Å². The fourth-order valence-corrected chi connectivity index (χ4v) is 1.61. The van der Waals surface area contributed by atoms with Crippen molar-refractivity contribution in [2.45, 2.75) is 6.92 Å². The minimum atomic E-state index is -0.429. The van der Waals surface area contributed by atoms with E-state index < -0.39 is 5.97 Å². The van der Waals surface area contributed by atoms with Crippen molar-refractivity contribution in [3.63, 3.8) is 0 Å². The van der Waals surface area contributed by atoms with Gasteiger partial charge in [0.1, 0.15) is 0 Å². The molecule has 4 nitrogen and oxygen atoms in total. The zero-order valence-electron chi connectivity index (χ0n) is 10.00. The predicted molar refractivity (Wildman–Crippen MR) is 68.0 cm³/mol. The number of rotatable bonds is 3. The Kier molecular flexibility index (Phi) is 3.57. The van der Waals surface area contributed by atoms with Gasteiger partial charge in [0.05, 0.1) is 12.2 Å². The highest BCUT2D eigenvalue weighted by Gasteiger charge is 2.08. The Morgan fingerprint density at radius 3 is 2.56 bits per heavy atom. The number of nitrogens with zero attached hydrogens (tertiary/aromatic N) is 1. The smallest absolute Gasteiger partial charge is 0.339 e. The van der Waals surface area contributed by atoms with Crippen molar-refractivity contribution >= 4 is 5.97 Å². The molecule has 0 aliphatic rings. The molecule has 0 radical (unpaired) electrons. The van der Waals surface area contributed by atoms with E-state index in [1.807, 2.05) is 18.2 Å². The van der Waals surface area contributed by atoms with Gasteiger partial charge in [-0.05, 0) is 25.1 Å². The van der Waals surface area contributed by atoms with Crippen molar-refractivity contribution in [1.82, 2.24) is 4.57 Å². The summed E-state index contributed by atoms with van der Waals surface area (Å²) in [4.78, 5) is 23.4. The van der Waals surface area contributed by atoms with Gasteiger partial charge < -0.3 is 4.74 Å². The molecule has 0 saturated heterocycles. The summed E-state index contributed by atoms with van der Waals surface area (Å²) in [5, 5.41) is 0. The van der Waals surface area contributed by atoms with Crippen LogP contribution in [-0.4, -0.2) is 17.1 Å². The van der Waals surface area contributed by atoms with E-state index in [1.165, 1.54) is 22.9 Å². The molecule has 18 heavy (non-hydrogen) atoms. The number of hydrogen-bond donors (Lipinski definition) is 0. The van der Waals surface area contributed by atoms with E-state index in [2.05, 4.69) is 0 Å². The molecule has 0 aliphatic carbocycles. The summed E-state index contributed by atoms with van der Waals surface area (Å²) >= 11 is 0. The summed E-state index contributed by atoms with van der Waals surface area (Å²) in [6.07, 6.45) is 1.50. The molecule has 0 aliphatic heterocycles. The van der Waals surface area contributed by atoms with Crippen molar-refractivity contribution in [2.24, 2.45) is 0 Å².